The standard InChI is InChI=1S/C29H26N2O4S.C28H24N2O4S.C27H23N2O2S.C4H9O.CO2.CH4.2Na/c1-19(20-6-4-3-5-7-20)35-28(33)31-26-25(30-18-36-26)23-10-8-21(9-11-23)22-12-14-24(15-13-22)29(16-17-29)27(32)34-2;1-18(19-5-3-2-4-6-19)34-27(33)30-25-24(29-17-35-25)22-9-7-20(8-10-22)21-11-13-23(14-12-21)28(15-16-28)26(31)32;1-18(19-5-3-2-4-6-19)31-27(30)29-26-25(28-17-32-26)24-15-13-23(14-16-24)22-11-9-21(10-12-22)20-7-8-20;1-4(2,3)5;2-1-3;;;/h3-15,18-19H,16-17H2,1-2H3,(H,31,33);2-14,17-18H,15-16H2,1H3,(H,30,33)(H,31,32);2-6,9-18H,7-8H2,1H3,(H,29,30);1-3H3;;1H4;;/q;;2*-1;;;2*+1/t19-;2*18-;;;;;/m111...../s1. The van der Waals surface area contributed by atoms with E-state index in [1.54, 1.807) is 43.2 Å². The van der Waals surface area contributed by atoms with Gasteiger partial charge in [0.05, 0.1) is 34.5 Å². The smallest absolute Gasteiger partial charge is 0.850 e. The van der Waals surface area contributed by atoms with Gasteiger partial charge in [-0.25, -0.2) is 29.3 Å². The van der Waals surface area contributed by atoms with Gasteiger partial charge in [0, 0.05) is 16.7 Å². The summed E-state index contributed by atoms with van der Waals surface area (Å²) in [6.07, 6.45) is 3.15. The second kappa shape index (κ2) is 41.7. The molecular weight excluding hydrogens is 1520 g/mol. The molecule has 3 fully saturated rings. The Morgan fingerprint density at radius 2 is 0.684 bits per heavy atom. The number of carboxylic acid groups (broad SMARTS) is 1. The van der Waals surface area contributed by atoms with Gasteiger partial charge in [-0.2, -0.15) is 33.2 Å². The van der Waals surface area contributed by atoms with Crippen molar-refractivity contribution in [3.8, 4) is 67.2 Å². The first-order chi connectivity index (χ1) is 53.5. The van der Waals surface area contributed by atoms with E-state index in [1.165, 1.54) is 65.1 Å². The molecule has 19 nitrogen and oxygen atoms in total. The Morgan fingerprint density at radius 3 is 0.930 bits per heavy atom. The molecule has 4 N–H and O–H groups in total. The SMILES string of the molecule is C.CC(C)(C)[O-].COC(=O)C1(c2ccc(-c3ccc(-c4ncsc4NC(=O)O[C@H](C)c4ccccc4)cc3)cc2)CC1.C[C@@H](OC(=O)Nc1scnc1-c1ccc(-c2ccc(C3(C(=O)O)CC3)cc2)cc1)c1ccccc1.C[C@@H](OC(=O)Nc1scnc1-c1ccc(-c2ccc([C-]3CC3)cc2)cc1)c1ccccc1.O=C=O.[Na+].[Na+]. The molecule has 0 unspecified atom stereocenters. The quantitative estimate of drug-likeness (QED) is 0.0239. The van der Waals surface area contributed by atoms with E-state index in [-0.39, 0.29) is 97.0 Å². The van der Waals surface area contributed by atoms with E-state index in [2.05, 4.69) is 67.3 Å². The van der Waals surface area contributed by atoms with Crippen LogP contribution in [0.2, 0.25) is 0 Å². The number of carboxylic acids is 1. The van der Waals surface area contributed by atoms with Crippen LogP contribution in [0, 0.1) is 5.92 Å². The Bertz CT molecular complexity index is 5120. The van der Waals surface area contributed by atoms with Crippen molar-refractivity contribution in [3.05, 3.63) is 292 Å². The van der Waals surface area contributed by atoms with Gasteiger partial charge in [0.1, 0.15) is 50.4 Å². The number of carbonyl (C=O) groups is 5. The summed E-state index contributed by atoms with van der Waals surface area (Å²) in [5.41, 5.74) is 20.5. The van der Waals surface area contributed by atoms with Gasteiger partial charge < -0.3 is 29.2 Å². The minimum atomic E-state index is -0.750. The Kier molecular flexibility index (Phi) is 32.7. The number of aromatic nitrogens is 3. The fraction of sp³-hybridized carbons (Fsp3) is 0.222. The number of ether oxygens (including phenoxy) is 4. The molecule has 3 aromatic heterocycles. The molecule has 3 heterocycles. The van der Waals surface area contributed by atoms with Crippen molar-refractivity contribution in [2.75, 3.05) is 23.1 Å². The van der Waals surface area contributed by atoms with Gasteiger partial charge in [-0.1, -0.05) is 253 Å². The molecule has 24 heteroatoms. The summed E-state index contributed by atoms with van der Waals surface area (Å²) in [7, 11) is 1.44. The molecular formula is C90H86N6Na2O13S3. The number of esters is 1. The maximum Gasteiger partial charge on any atom is 1.00 e. The zero-order valence-corrected chi connectivity index (χ0v) is 70.6. The minimum Gasteiger partial charge on any atom is -0.850 e. The largest absolute Gasteiger partial charge is 1.00 e. The third-order valence-electron chi connectivity index (χ3n) is 18.6. The number of aliphatic carboxylic acids is 1. The molecule has 3 atom stereocenters. The number of nitrogens with one attached hydrogen (secondary N) is 3. The van der Waals surface area contributed by atoms with Crippen LogP contribution in [0.5, 0.6) is 0 Å². The second-order valence-corrected chi connectivity index (χ2v) is 30.1. The number of carbonyl (C=O) groups excluding carboxylic acids is 6. The summed E-state index contributed by atoms with van der Waals surface area (Å²) in [5, 5.41) is 30.0. The van der Waals surface area contributed by atoms with Crippen LogP contribution in [0.25, 0.3) is 67.2 Å². The number of hydrogen-bond acceptors (Lipinski definition) is 18. The number of amides is 3. The average Bonchev–Trinajstić information content (AvgIpc) is 1.60. The van der Waals surface area contributed by atoms with E-state index in [0.29, 0.717) is 39.2 Å². The third-order valence-corrected chi connectivity index (χ3v) is 20.9. The van der Waals surface area contributed by atoms with Crippen molar-refractivity contribution in [2.24, 2.45) is 0 Å². The number of anilines is 3. The average molecular weight is 1600 g/mol. The molecule has 0 radical (unpaired) electrons. The monoisotopic (exact) mass is 1600 g/mol. The first kappa shape index (κ1) is 89.4. The van der Waals surface area contributed by atoms with Crippen LogP contribution in [0.15, 0.2) is 253 Å². The summed E-state index contributed by atoms with van der Waals surface area (Å²) in [5.74, 6) is 0.638. The van der Waals surface area contributed by atoms with Gasteiger partial charge in [-0.05, 0) is 108 Å². The van der Waals surface area contributed by atoms with Crippen molar-refractivity contribution >= 4 is 85.4 Å². The number of thiazole rings is 3. The number of methoxy groups -OCH3 is 1. The Labute approximate surface area is 720 Å². The second-order valence-electron chi connectivity index (χ2n) is 27.6. The number of nitrogens with zero attached hydrogens (tertiary/aromatic N) is 3. The topological polar surface area (TPSA) is 274 Å². The Morgan fingerprint density at radius 1 is 0.439 bits per heavy atom. The predicted octanol–water partition coefficient (Wildman–Crippen LogP) is 15.6. The molecule has 0 aliphatic heterocycles. The van der Waals surface area contributed by atoms with Crippen molar-refractivity contribution in [1.82, 2.24) is 15.0 Å². The first-order valence-electron chi connectivity index (χ1n) is 35.9. The van der Waals surface area contributed by atoms with E-state index in [1.807, 2.05) is 221 Å². The van der Waals surface area contributed by atoms with E-state index in [0.717, 1.165) is 90.9 Å². The van der Waals surface area contributed by atoms with Gasteiger partial charge in [0.2, 0.25) is 0 Å². The number of hydrogen-bond donors (Lipinski definition) is 4. The van der Waals surface area contributed by atoms with Crippen molar-refractivity contribution in [1.29, 1.82) is 0 Å². The van der Waals surface area contributed by atoms with E-state index < -0.39 is 40.7 Å². The summed E-state index contributed by atoms with van der Waals surface area (Å²) < 4.78 is 21.6. The molecule has 3 saturated carbocycles. The molecule has 12 aromatic rings. The van der Waals surface area contributed by atoms with Crippen LogP contribution in [-0.4, -0.2) is 69.1 Å². The molecule has 0 bridgehead atoms. The van der Waals surface area contributed by atoms with Crippen LogP contribution in [0.4, 0.5) is 29.4 Å². The normalized spacial score (nSPS) is 13.5. The fourth-order valence-electron chi connectivity index (χ4n) is 12.2. The Balaban J connectivity index is 0.000000202. The van der Waals surface area contributed by atoms with Crippen LogP contribution < -0.4 is 80.2 Å². The van der Waals surface area contributed by atoms with E-state index in [4.69, 9.17) is 28.5 Å². The molecule has 574 valence electrons. The Hall–Kier alpha value is -10.2. The van der Waals surface area contributed by atoms with E-state index >= 15 is 0 Å². The molecule has 0 saturated heterocycles. The van der Waals surface area contributed by atoms with Gasteiger partial charge in [-0.15, -0.1) is 51.7 Å². The summed E-state index contributed by atoms with van der Waals surface area (Å²) in [4.78, 5) is 90.7. The maximum atomic E-state index is 12.5. The zero-order chi connectivity index (χ0) is 78.7. The van der Waals surface area contributed by atoms with Crippen LogP contribution in [0.3, 0.4) is 0 Å². The molecule has 3 aliphatic carbocycles. The zero-order valence-electron chi connectivity index (χ0n) is 64.1. The van der Waals surface area contributed by atoms with Crippen LogP contribution in [-0.2, 0) is 49.0 Å². The summed E-state index contributed by atoms with van der Waals surface area (Å²) in [6.45, 7) is 10.4. The van der Waals surface area contributed by atoms with Gasteiger partial charge in [0.15, 0.2) is 0 Å². The molecule has 9 aromatic carbocycles. The molecule has 0 spiro atoms. The number of rotatable bonds is 20. The van der Waals surface area contributed by atoms with Gasteiger partial charge >= 0.3 is 95.5 Å². The first-order valence-corrected chi connectivity index (χ1v) is 38.6. The molecule has 3 amide bonds. The summed E-state index contributed by atoms with van der Waals surface area (Å²) in [6, 6.07) is 77.6. The molecule has 15 rings (SSSR count). The third kappa shape index (κ3) is 24.2. The van der Waals surface area contributed by atoms with E-state index in [9.17, 15) is 34.2 Å². The van der Waals surface area contributed by atoms with Gasteiger partial charge in [-0.3, -0.25) is 25.5 Å². The fourth-order valence-corrected chi connectivity index (χ4v) is 14.3. The van der Waals surface area contributed by atoms with Crippen molar-refractivity contribution in [2.45, 2.75) is 122 Å². The maximum absolute atomic E-state index is 12.5. The molecule has 114 heavy (non-hydrogen) atoms. The van der Waals surface area contributed by atoms with Gasteiger partial charge in [0.25, 0.3) is 0 Å². The molecule has 3 aliphatic rings. The number of benzene rings is 9. The minimum absolute atomic E-state index is 0. The van der Waals surface area contributed by atoms with Crippen molar-refractivity contribution in [3.63, 3.8) is 0 Å². The summed E-state index contributed by atoms with van der Waals surface area (Å²) >= 11 is 4.07. The predicted molar refractivity (Wildman–Crippen MR) is 438 cm³/mol. The van der Waals surface area contributed by atoms with Crippen LogP contribution in [0.1, 0.15) is 139 Å². The van der Waals surface area contributed by atoms with Crippen molar-refractivity contribution < 1.29 is 122 Å². The van der Waals surface area contributed by atoms with Crippen LogP contribution >= 0.6 is 34.0 Å².